The third-order valence-electron chi connectivity index (χ3n) is 4.07. The summed E-state index contributed by atoms with van der Waals surface area (Å²) in [4.78, 5) is 19.6. The topological polar surface area (TPSA) is 66.2 Å². The van der Waals surface area contributed by atoms with Crippen LogP contribution in [0.3, 0.4) is 0 Å². The lowest BCUT2D eigenvalue weighted by atomic mass is 10.1. The standard InChI is InChI=1S/C18H11ClF3N3O3/c19-13-4-11(18(20,21)22)5-23-16(13)12-7-25(8-24-17(12)26)6-10-1-2-14-15(3-10)28-9-27-14/h1-5,7-8H,6,9H2. The van der Waals surface area contributed by atoms with Crippen molar-refractivity contribution < 1.29 is 22.6 Å². The molecule has 6 nitrogen and oxygen atoms in total. The van der Waals surface area contributed by atoms with Crippen LogP contribution >= 0.6 is 11.6 Å². The van der Waals surface area contributed by atoms with Gasteiger partial charge in [0.25, 0.3) is 5.56 Å². The first kappa shape index (κ1) is 18.3. The van der Waals surface area contributed by atoms with Gasteiger partial charge >= 0.3 is 6.18 Å². The molecule has 0 aliphatic carbocycles. The van der Waals surface area contributed by atoms with Crippen molar-refractivity contribution in [1.82, 2.24) is 14.5 Å². The molecule has 0 amide bonds. The number of pyridine rings is 1. The summed E-state index contributed by atoms with van der Waals surface area (Å²) < 4.78 is 50.5. The van der Waals surface area contributed by atoms with Crippen LogP contribution in [0.5, 0.6) is 11.5 Å². The Morgan fingerprint density at radius 2 is 1.93 bits per heavy atom. The van der Waals surface area contributed by atoms with Gasteiger partial charge in [0.15, 0.2) is 11.5 Å². The summed E-state index contributed by atoms with van der Waals surface area (Å²) in [5.74, 6) is 1.25. The number of ether oxygens (including phenoxy) is 2. The molecular weight excluding hydrogens is 399 g/mol. The number of rotatable bonds is 3. The zero-order valence-corrected chi connectivity index (χ0v) is 14.8. The number of hydrogen-bond donors (Lipinski definition) is 0. The molecule has 0 N–H and O–H groups in total. The second-order valence-electron chi connectivity index (χ2n) is 6.00. The second kappa shape index (κ2) is 6.83. The molecule has 1 aliphatic heterocycles. The largest absolute Gasteiger partial charge is 0.454 e. The third-order valence-corrected chi connectivity index (χ3v) is 4.36. The molecule has 10 heteroatoms. The van der Waals surface area contributed by atoms with E-state index in [0.29, 0.717) is 24.2 Å². The molecule has 3 heterocycles. The van der Waals surface area contributed by atoms with Gasteiger partial charge in [-0.15, -0.1) is 0 Å². The summed E-state index contributed by atoms with van der Waals surface area (Å²) in [5.41, 5.74) is -0.844. The van der Waals surface area contributed by atoms with Crippen LogP contribution in [0, 0.1) is 0 Å². The van der Waals surface area contributed by atoms with Crippen LogP contribution in [0.25, 0.3) is 11.3 Å². The fourth-order valence-electron chi connectivity index (χ4n) is 2.74. The fourth-order valence-corrected chi connectivity index (χ4v) is 3.01. The molecule has 0 spiro atoms. The van der Waals surface area contributed by atoms with E-state index in [2.05, 4.69) is 9.97 Å². The minimum atomic E-state index is -4.58. The Kier molecular flexibility index (Phi) is 4.46. The number of nitrogens with zero attached hydrogens (tertiary/aromatic N) is 3. The number of fused-ring (bicyclic) bond motifs is 1. The molecule has 0 saturated carbocycles. The van der Waals surface area contributed by atoms with Crippen molar-refractivity contribution in [3.63, 3.8) is 0 Å². The van der Waals surface area contributed by atoms with Crippen LogP contribution in [0.1, 0.15) is 11.1 Å². The van der Waals surface area contributed by atoms with Crippen LogP contribution in [0.15, 0.2) is 47.8 Å². The SMILES string of the molecule is O=c1ncn(Cc2ccc3c(c2)OCO3)cc1-c1ncc(C(F)(F)F)cc1Cl. The van der Waals surface area contributed by atoms with Gasteiger partial charge in [-0.3, -0.25) is 9.78 Å². The quantitative estimate of drug-likeness (QED) is 0.659. The Balaban J connectivity index is 1.67. The van der Waals surface area contributed by atoms with Crippen LogP contribution in [0.2, 0.25) is 5.02 Å². The van der Waals surface area contributed by atoms with Gasteiger partial charge in [-0.25, -0.2) is 0 Å². The van der Waals surface area contributed by atoms with Gasteiger partial charge in [-0.05, 0) is 23.8 Å². The van der Waals surface area contributed by atoms with Crippen LogP contribution in [-0.2, 0) is 12.7 Å². The van der Waals surface area contributed by atoms with Gasteiger partial charge in [-0.1, -0.05) is 17.7 Å². The van der Waals surface area contributed by atoms with E-state index in [9.17, 15) is 18.0 Å². The monoisotopic (exact) mass is 409 g/mol. The lowest BCUT2D eigenvalue weighted by Gasteiger charge is -2.11. The number of aromatic nitrogens is 3. The molecule has 0 atom stereocenters. The van der Waals surface area contributed by atoms with Crippen molar-refractivity contribution in [2.24, 2.45) is 0 Å². The summed E-state index contributed by atoms with van der Waals surface area (Å²) in [6.07, 6.45) is -1.17. The van der Waals surface area contributed by atoms with Gasteiger partial charge < -0.3 is 14.0 Å². The number of hydrogen-bond acceptors (Lipinski definition) is 5. The molecule has 144 valence electrons. The lowest BCUT2D eigenvalue weighted by Crippen LogP contribution is -2.15. The Labute approximate surface area is 161 Å². The third kappa shape index (κ3) is 3.53. The van der Waals surface area contributed by atoms with Gasteiger partial charge in [0.05, 0.1) is 28.2 Å². The van der Waals surface area contributed by atoms with Gasteiger partial charge in [-0.2, -0.15) is 18.2 Å². The molecule has 4 rings (SSSR count). The molecule has 0 unspecified atom stereocenters. The Morgan fingerprint density at radius 3 is 2.68 bits per heavy atom. The molecule has 1 aliphatic rings. The van der Waals surface area contributed by atoms with Gasteiger partial charge in [0.1, 0.15) is 0 Å². The number of benzene rings is 1. The summed E-state index contributed by atoms with van der Waals surface area (Å²) in [6, 6.07) is 6.12. The normalized spacial score (nSPS) is 13.0. The van der Waals surface area contributed by atoms with Gasteiger partial charge in [0, 0.05) is 18.9 Å². The Hall–Kier alpha value is -3.07. The van der Waals surface area contributed by atoms with Crippen LogP contribution in [-0.4, -0.2) is 21.3 Å². The predicted molar refractivity (Wildman–Crippen MR) is 93.4 cm³/mol. The van der Waals surface area contributed by atoms with E-state index >= 15 is 0 Å². The second-order valence-corrected chi connectivity index (χ2v) is 6.41. The highest BCUT2D eigenvalue weighted by Crippen LogP contribution is 2.34. The maximum atomic E-state index is 12.8. The van der Waals surface area contributed by atoms with E-state index in [4.69, 9.17) is 21.1 Å². The maximum Gasteiger partial charge on any atom is 0.417 e. The maximum absolute atomic E-state index is 12.8. The summed E-state index contributed by atoms with van der Waals surface area (Å²) in [7, 11) is 0. The first-order valence-corrected chi connectivity index (χ1v) is 8.37. The fraction of sp³-hybridized carbons (Fsp3) is 0.167. The van der Waals surface area contributed by atoms with Crippen LogP contribution in [0.4, 0.5) is 13.2 Å². The summed E-state index contributed by atoms with van der Waals surface area (Å²) in [6.45, 7) is 0.496. The summed E-state index contributed by atoms with van der Waals surface area (Å²) >= 11 is 5.95. The molecule has 1 aromatic carbocycles. The number of alkyl halides is 3. The first-order valence-electron chi connectivity index (χ1n) is 7.99. The molecule has 0 fully saturated rings. The van der Waals surface area contributed by atoms with E-state index < -0.39 is 17.3 Å². The van der Waals surface area contributed by atoms with E-state index in [1.807, 2.05) is 6.07 Å². The highest BCUT2D eigenvalue weighted by Gasteiger charge is 2.32. The zero-order valence-electron chi connectivity index (χ0n) is 14.0. The minimum Gasteiger partial charge on any atom is -0.454 e. The van der Waals surface area contributed by atoms with Crippen molar-refractivity contribution >= 4 is 11.6 Å². The van der Waals surface area contributed by atoms with Crippen molar-refractivity contribution in [3.8, 4) is 22.8 Å². The van der Waals surface area contributed by atoms with Crippen molar-refractivity contribution in [3.05, 3.63) is 69.5 Å². The highest BCUT2D eigenvalue weighted by molar-refractivity contribution is 6.33. The van der Waals surface area contributed by atoms with E-state index in [1.165, 1.54) is 12.5 Å². The van der Waals surface area contributed by atoms with Crippen molar-refractivity contribution in [2.75, 3.05) is 6.79 Å². The predicted octanol–water partition coefficient (Wildman–Crippen LogP) is 3.75. The van der Waals surface area contributed by atoms with Crippen molar-refractivity contribution in [1.29, 1.82) is 0 Å². The molecule has 3 aromatic rings. The number of halogens is 4. The van der Waals surface area contributed by atoms with Crippen molar-refractivity contribution in [2.45, 2.75) is 12.7 Å². The molecular formula is C18H11ClF3N3O3. The lowest BCUT2D eigenvalue weighted by molar-refractivity contribution is -0.137. The van der Waals surface area contributed by atoms with Gasteiger partial charge in [0.2, 0.25) is 6.79 Å². The smallest absolute Gasteiger partial charge is 0.417 e. The minimum absolute atomic E-state index is 0.00182. The average molecular weight is 410 g/mol. The molecule has 28 heavy (non-hydrogen) atoms. The zero-order chi connectivity index (χ0) is 19.9. The molecule has 0 bridgehead atoms. The first-order chi connectivity index (χ1) is 13.3. The molecule has 0 radical (unpaired) electrons. The molecule has 0 saturated heterocycles. The van der Waals surface area contributed by atoms with E-state index in [1.54, 1.807) is 16.7 Å². The average Bonchev–Trinajstić information content (AvgIpc) is 3.10. The van der Waals surface area contributed by atoms with E-state index in [0.717, 1.165) is 11.6 Å². The Morgan fingerprint density at radius 1 is 1.14 bits per heavy atom. The molecule has 2 aromatic heterocycles. The van der Waals surface area contributed by atoms with Crippen LogP contribution < -0.4 is 15.0 Å². The Bertz CT molecular complexity index is 1120. The van der Waals surface area contributed by atoms with E-state index in [-0.39, 0.29) is 23.1 Å². The highest BCUT2D eigenvalue weighted by atomic mass is 35.5. The summed E-state index contributed by atoms with van der Waals surface area (Å²) in [5, 5.41) is -0.283.